The van der Waals surface area contributed by atoms with Crippen molar-refractivity contribution in [1.29, 1.82) is 0 Å². The predicted octanol–water partition coefficient (Wildman–Crippen LogP) is 4.26. The molecule has 1 aromatic heterocycles. The van der Waals surface area contributed by atoms with E-state index in [1.54, 1.807) is 23.8 Å². The van der Waals surface area contributed by atoms with E-state index in [0.717, 1.165) is 16.8 Å². The van der Waals surface area contributed by atoms with Gasteiger partial charge in [0.25, 0.3) is 0 Å². The van der Waals surface area contributed by atoms with E-state index in [1.165, 1.54) is 0 Å². The lowest BCUT2D eigenvalue weighted by Crippen LogP contribution is -2.35. The maximum absolute atomic E-state index is 12.6. The molecule has 0 aliphatic carbocycles. The maximum atomic E-state index is 12.6. The Kier molecular flexibility index (Phi) is 5.40. The highest BCUT2D eigenvalue weighted by Crippen LogP contribution is 2.29. The molecule has 166 valence electrons. The summed E-state index contributed by atoms with van der Waals surface area (Å²) in [5, 5.41) is 9.97. The molecule has 3 N–H and O–H groups in total. The number of carbonyl (C=O) groups is 1. The summed E-state index contributed by atoms with van der Waals surface area (Å²) in [6, 6.07) is 22.1. The zero-order chi connectivity index (χ0) is 22.8. The van der Waals surface area contributed by atoms with Gasteiger partial charge in [0.2, 0.25) is 0 Å². The van der Waals surface area contributed by atoms with Gasteiger partial charge in [-0.15, -0.1) is 0 Å². The molecule has 1 aliphatic heterocycles. The minimum absolute atomic E-state index is 0.109. The Morgan fingerprint density at radius 3 is 2.64 bits per heavy atom. The number of para-hydroxylation sites is 1. The summed E-state index contributed by atoms with van der Waals surface area (Å²) in [5.41, 5.74) is 2.83. The third kappa shape index (κ3) is 4.23. The minimum atomic E-state index is -0.339. The first-order valence-electron chi connectivity index (χ1n) is 10.7. The van der Waals surface area contributed by atoms with Crippen LogP contribution in [0.15, 0.2) is 77.6 Å². The van der Waals surface area contributed by atoms with E-state index in [2.05, 4.69) is 20.9 Å². The van der Waals surface area contributed by atoms with Crippen molar-refractivity contribution in [3.63, 3.8) is 0 Å². The van der Waals surface area contributed by atoms with Crippen LogP contribution in [0.25, 0.3) is 10.9 Å². The number of nitrogens with one attached hydrogen (secondary N) is 3. The molecule has 0 saturated carbocycles. The SMILES string of the molecule is COc1cccc(NC(=O)Nc2ccc(C3CNc4c5ccccc5nc(=O)n4C3)cc2)c1. The topological polar surface area (TPSA) is 97.3 Å². The number of aromatic nitrogens is 2. The highest BCUT2D eigenvalue weighted by Gasteiger charge is 2.23. The van der Waals surface area contributed by atoms with Crippen molar-refractivity contribution in [2.45, 2.75) is 12.5 Å². The number of anilines is 3. The van der Waals surface area contributed by atoms with E-state index in [9.17, 15) is 9.59 Å². The number of hydrogen-bond acceptors (Lipinski definition) is 5. The van der Waals surface area contributed by atoms with Crippen LogP contribution in [0.5, 0.6) is 5.75 Å². The summed E-state index contributed by atoms with van der Waals surface area (Å²) in [4.78, 5) is 29.1. The van der Waals surface area contributed by atoms with Crippen LogP contribution in [0.4, 0.5) is 22.0 Å². The molecule has 0 saturated heterocycles. The number of carbonyl (C=O) groups excluding carboxylic acids is 1. The summed E-state index contributed by atoms with van der Waals surface area (Å²) >= 11 is 0. The Morgan fingerprint density at radius 2 is 1.82 bits per heavy atom. The lowest BCUT2D eigenvalue weighted by atomic mass is 9.97. The number of rotatable bonds is 4. The molecular weight excluding hydrogens is 418 g/mol. The second kappa shape index (κ2) is 8.66. The summed E-state index contributed by atoms with van der Waals surface area (Å²) in [6.07, 6.45) is 0. The quantitative estimate of drug-likeness (QED) is 0.440. The van der Waals surface area contributed by atoms with Crippen molar-refractivity contribution in [2.24, 2.45) is 0 Å². The summed E-state index contributed by atoms with van der Waals surface area (Å²) < 4.78 is 6.87. The number of fused-ring (bicyclic) bond motifs is 3. The number of methoxy groups -OCH3 is 1. The van der Waals surface area contributed by atoms with Gasteiger partial charge >= 0.3 is 11.7 Å². The predicted molar refractivity (Wildman–Crippen MR) is 129 cm³/mol. The molecule has 1 aliphatic rings. The lowest BCUT2D eigenvalue weighted by molar-refractivity contribution is 0.262. The third-order valence-corrected chi connectivity index (χ3v) is 5.76. The van der Waals surface area contributed by atoms with Gasteiger partial charge in [-0.1, -0.05) is 30.3 Å². The molecule has 0 fully saturated rings. The van der Waals surface area contributed by atoms with Crippen molar-refractivity contribution in [3.8, 4) is 5.75 Å². The smallest absolute Gasteiger partial charge is 0.349 e. The maximum Gasteiger partial charge on any atom is 0.349 e. The molecular formula is C25H23N5O3. The molecule has 2 heterocycles. The van der Waals surface area contributed by atoms with Crippen molar-refractivity contribution >= 4 is 34.1 Å². The molecule has 8 heteroatoms. The number of hydrogen-bond donors (Lipinski definition) is 3. The van der Waals surface area contributed by atoms with Crippen LogP contribution in [0, 0.1) is 0 Å². The van der Waals surface area contributed by atoms with Crippen LogP contribution in [0.3, 0.4) is 0 Å². The molecule has 0 bridgehead atoms. The molecule has 2 amide bonds. The first kappa shape index (κ1) is 20.6. The fourth-order valence-corrected chi connectivity index (χ4v) is 4.10. The van der Waals surface area contributed by atoms with Crippen molar-refractivity contribution in [3.05, 3.63) is 88.8 Å². The molecule has 33 heavy (non-hydrogen) atoms. The molecule has 3 aromatic carbocycles. The second-order valence-corrected chi connectivity index (χ2v) is 7.88. The van der Waals surface area contributed by atoms with Crippen molar-refractivity contribution < 1.29 is 9.53 Å². The zero-order valence-corrected chi connectivity index (χ0v) is 18.0. The standard InChI is InChI=1S/C25H23N5O3/c1-33-20-6-4-5-19(13-20)28-24(31)27-18-11-9-16(10-12-18)17-14-26-23-21-7-2-3-8-22(21)29-25(32)30(23)15-17/h2-13,17,26H,14-15H2,1H3,(H2,27,28,31). The zero-order valence-electron chi connectivity index (χ0n) is 18.0. The normalized spacial score (nSPS) is 14.8. The average molecular weight is 441 g/mol. The molecule has 4 aromatic rings. The monoisotopic (exact) mass is 441 g/mol. The van der Waals surface area contributed by atoms with Gasteiger partial charge in [-0.3, -0.25) is 4.57 Å². The molecule has 1 atom stereocenters. The molecule has 5 rings (SSSR count). The number of benzene rings is 3. The Balaban J connectivity index is 1.28. The summed E-state index contributed by atoms with van der Waals surface area (Å²) in [7, 11) is 1.58. The Hall–Kier alpha value is -4.33. The van der Waals surface area contributed by atoms with E-state index in [1.807, 2.05) is 60.7 Å². The van der Waals surface area contributed by atoms with E-state index < -0.39 is 0 Å². The molecule has 0 radical (unpaired) electrons. The summed E-state index contributed by atoms with van der Waals surface area (Å²) in [5.74, 6) is 1.59. The highest BCUT2D eigenvalue weighted by atomic mass is 16.5. The Bertz CT molecular complexity index is 1380. The highest BCUT2D eigenvalue weighted by molar-refractivity contribution is 5.99. The first-order chi connectivity index (χ1) is 16.1. The van der Waals surface area contributed by atoms with Gasteiger partial charge in [-0.05, 0) is 42.0 Å². The largest absolute Gasteiger partial charge is 0.497 e. The second-order valence-electron chi connectivity index (χ2n) is 7.88. The Labute approximate surface area is 190 Å². The fourth-order valence-electron chi connectivity index (χ4n) is 4.10. The van der Waals surface area contributed by atoms with Crippen molar-refractivity contribution in [1.82, 2.24) is 9.55 Å². The molecule has 8 nitrogen and oxygen atoms in total. The Morgan fingerprint density at radius 1 is 1.03 bits per heavy atom. The van der Waals surface area contributed by atoms with Gasteiger partial charge in [0.1, 0.15) is 11.6 Å². The minimum Gasteiger partial charge on any atom is -0.497 e. The number of amides is 2. The van der Waals surface area contributed by atoms with Crippen LogP contribution in [0.2, 0.25) is 0 Å². The van der Waals surface area contributed by atoms with Gasteiger partial charge in [0.15, 0.2) is 0 Å². The van der Waals surface area contributed by atoms with E-state index >= 15 is 0 Å². The van der Waals surface area contributed by atoms with E-state index in [0.29, 0.717) is 35.7 Å². The summed E-state index contributed by atoms with van der Waals surface area (Å²) in [6.45, 7) is 1.25. The first-order valence-corrected chi connectivity index (χ1v) is 10.7. The van der Waals surface area contributed by atoms with Crippen LogP contribution in [0.1, 0.15) is 11.5 Å². The number of urea groups is 1. The van der Waals surface area contributed by atoms with E-state index in [-0.39, 0.29) is 17.6 Å². The van der Waals surface area contributed by atoms with Gasteiger partial charge in [0, 0.05) is 41.8 Å². The molecule has 1 unspecified atom stereocenters. The number of nitrogens with zero attached hydrogens (tertiary/aromatic N) is 2. The van der Waals surface area contributed by atoms with Crippen LogP contribution in [-0.2, 0) is 6.54 Å². The lowest BCUT2D eigenvalue weighted by Gasteiger charge is -2.28. The van der Waals surface area contributed by atoms with Gasteiger partial charge < -0.3 is 20.7 Å². The average Bonchev–Trinajstić information content (AvgIpc) is 2.84. The third-order valence-electron chi connectivity index (χ3n) is 5.76. The van der Waals surface area contributed by atoms with Gasteiger partial charge in [-0.2, -0.15) is 4.98 Å². The fraction of sp³-hybridized carbons (Fsp3) is 0.160. The van der Waals surface area contributed by atoms with Crippen molar-refractivity contribution in [2.75, 3.05) is 29.6 Å². The van der Waals surface area contributed by atoms with Crippen LogP contribution in [-0.4, -0.2) is 29.2 Å². The number of ether oxygens (including phenoxy) is 1. The van der Waals surface area contributed by atoms with Gasteiger partial charge in [0.05, 0.1) is 12.6 Å². The van der Waals surface area contributed by atoms with Crippen LogP contribution >= 0.6 is 0 Å². The van der Waals surface area contributed by atoms with Gasteiger partial charge in [-0.25, -0.2) is 9.59 Å². The van der Waals surface area contributed by atoms with Crippen LogP contribution < -0.4 is 26.4 Å². The molecule has 0 spiro atoms. The van der Waals surface area contributed by atoms with E-state index in [4.69, 9.17) is 4.74 Å².